The highest BCUT2D eigenvalue weighted by Crippen LogP contribution is 2.19. The third-order valence-corrected chi connectivity index (χ3v) is 2.70. The van der Waals surface area contributed by atoms with Crippen LogP contribution in [0.25, 0.3) is 11.5 Å². The van der Waals surface area contributed by atoms with E-state index in [0.29, 0.717) is 18.3 Å². The van der Waals surface area contributed by atoms with Crippen LogP contribution in [0.5, 0.6) is 0 Å². The summed E-state index contributed by atoms with van der Waals surface area (Å²) in [6.45, 7) is 2.15. The molecule has 1 aromatic heterocycles. The Kier molecular flexibility index (Phi) is 2.85. The molecule has 0 saturated carbocycles. The molecule has 0 bridgehead atoms. The summed E-state index contributed by atoms with van der Waals surface area (Å²) in [6.07, 6.45) is 0. The maximum absolute atomic E-state index is 5.37. The summed E-state index contributed by atoms with van der Waals surface area (Å²) in [6, 6.07) is 9.77. The molecular formula is C12H13N3O2. The van der Waals surface area contributed by atoms with Crippen LogP contribution in [0.2, 0.25) is 0 Å². The van der Waals surface area contributed by atoms with E-state index in [1.165, 1.54) is 0 Å². The number of aromatic nitrogens is 2. The van der Waals surface area contributed by atoms with Crippen molar-refractivity contribution in [2.45, 2.75) is 6.04 Å². The Morgan fingerprint density at radius 1 is 1.24 bits per heavy atom. The van der Waals surface area contributed by atoms with Crippen molar-refractivity contribution in [2.24, 2.45) is 0 Å². The average molecular weight is 231 g/mol. The van der Waals surface area contributed by atoms with Crippen molar-refractivity contribution < 1.29 is 9.26 Å². The molecule has 1 aliphatic heterocycles. The molecule has 1 N–H and O–H groups in total. The molecule has 1 atom stereocenters. The lowest BCUT2D eigenvalue weighted by molar-refractivity contribution is 0.0734. The van der Waals surface area contributed by atoms with E-state index in [9.17, 15) is 0 Å². The fourth-order valence-corrected chi connectivity index (χ4v) is 1.81. The third kappa shape index (κ3) is 2.20. The van der Waals surface area contributed by atoms with E-state index in [2.05, 4.69) is 15.5 Å². The second-order valence-corrected chi connectivity index (χ2v) is 3.91. The van der Waals surface area contributed by atoms with E-state index < -0.39 is 0 Å². The van der Waals surface area contributed by atoms with Crippen molar-refractivity contribution in [3.63, 3.8) is 0 Å². The van der Waals surface area contributed by atoms with Gasteiger partial charge in [0.05, 0.1) is 19.3 Å². The summed E-state index contributed by atoms with van der Waals surface area (Å²) in [5.41, 5.74) is 0.933. The summed E-state index contributed by atoms with van der Waals surface area (Å²) in [7, 11) is 0. The topological polar surface area (TPSA) is 60.2 Å². The van der Waals surface area contributed by atoms with Crippen LogP contribution < -0.4 is 5.32 Å². The minimum Gasteiger partial charge on any atom is -0.378 e. The number of nitrogens with one attached hydrogen (secondary N) is 1. The number of benzene rings is 1. The number of hydrogen-bond acceptors (Lipinski definition) is 5. The number of hydrogen-bond donors (Lipinski definition) is 1. The predicted octanol–water partition coefficient (Wildman–Crippen LogP) is 1.40. The second kappa shape index (κ2) is 4.65. The first-order valence-corrected chi connectivity index (χ1v) is 5.63. The van der Waals surface area contributed by atoms with Crippen LogP contribution in [0.15, 0.2) is 34.9 Å². The van der Waals surface area contributed by atoms with Gasteiger partial charge in [0, 0.05) is 12.1 Å². The number of morpholine rings is 1. The van der Waals surface area contributed by atoms with E-state index in [-0.39, 0.29) is 6.04 Å². The Balaban J connectivity index is 1.83. The predicted molar refractivity (Wildman–Crippen MR) is 61.3 cm³/mol. The van der Waals surface area contributed by atoms with Crippen molar-refractivity contribution in [3.8, 4) is 11.5 Å². The largest absolute Gasteiger partial charge is 0.378 e. The minimum absolute atomic E-state index is 0.0324. The van der Waals surface area contributed by atoms with Crippen molar-refractivity contribution in [1.82, 2.24) is 15.5 Å². The first-order valence-electron chi connectivity index (χ1n) is 5.63. The first-order chi connectivity index (χ1) is 8.43. The lowest BCUT2D eigenvalue weighted by Gasteiger charge is -2.20. The highest BCUT2D eigenvalue weighted by atomic mass is 16.5. The van der Waals surface area contributed by atoms with Gasteiger partial charge < -0.3 is 14.6 Å². The molecule has 5 nitrogen and oxygen atoms in total. The van der Waals surface area contributed by atoms with E-state index in [1.807, 2.05) is 30.3 Å². The van der Waals surface area contributed by atoms with Crippen LogP contribution in [0.3, 0.4) is 0 Å². The van der Waals surface area contributed by atoms with Gasteiger partial charge >= 0.3 is 0 Å². The molecule has 2 heterocycles. The molecule has 0 radical (unpaired) electrons. The Hall–Kier alpha value is -1.72. The quantitative estimate of drug-likeness (QED) is 0.846. The Bertz CT molecular complexity index is 478. The smallest absolute Gasteiger partial charge is 0.257 e. The van der Waals surface area contributed by atoms with Gasteiger partial charge in [-0.15, -0.1) is 0 Å². The standard InChI is InChI=1S/C12H13N3O2/c1-2-4-9(5-3-1)12-14-11(15-17-12)10-8-16-7-6-13-10/h1-5,10,13H,6-8H2/t10-/m1/s1. The van der Waals surface area contributed by atoms with Gasteiger partial charge in [0.2, 0.25) is 0 Å². The highest BCUT2D eigenvalue weighted by molar-refractivity contribution is 5.52. The number of nitrogens with zero attached hydrogens (tertiary/aromatic N) is 2. The molecule has 88 valence electrons. The SMILES string of the molecule is c1ccc(-c2nc([C@H]3COCCN3)no2)cc1. The van der Waals surface area contributed by atoms with Crippen LogP contribution >= 0.6 is 0 Å². The number of ether oxygens (including phenoxy) is 1. The fraction of sp³-hybridized carbons (Fsp3) is 0.333. The molecule has 0 spiro atoms. The minimum atomic E-state index is 0.0324. The van der Waals surface area contributed by atoms with Gasteiger partial charge in [-0.05, 0) is 12.1 Å². The van der Waals surface area contributed by atoms with Crippen LogP contribution in [-0.4, -0.2) is 29.9 Å². The molecule has 1 aliphatic rings. The molecule has 1 aromatic carbocycles. The first kappa shape index (κ1) is 10.4. The lowest BCUT2D eigenvalue weighted by Crippen LogP contribution is -2.35. The van der Waals surface area contributed by atoms with Gasteiger partial charge in [-0.1, -0.05) is 23.4 Å². The zero-order valence-corrected chi connectivity index (χ0v) is 9.30. The van der Waals surface area contributed by atoms with E-state index >= 15 is 0 Å². The molecule has 3 rings (SSSR count). The summed E-state index contributed by atoms with van der Waals surface area (Å²) in [5, 5.41) is 7.28. The van der Waals surface area contributed by atoms with Crippen molar-refractivity contribution >= 4 is 0 Å². The van der Waals surface area contributed by atoms with Gasteiger partial charge in [0.1, 0.15) is 0 Å². The Labute approximate surface area is 98.8 Å². The maximum Gasteiger partial charge on any atom is 0.257 e. The average Bonchev–Trinajstić information content (AvgIpc) is 2.90. The van der Waals surface area contributed by atoms with Crippen LogP contribution in [-0.2, 0) is 4.74 Å². The zero-order valence-electron chi connectivity index (χ0n) is 9.30. The van der Waals surface area contributed by atoms with Crippen LogP contribution in [0, 0.1) is 0 Å². The van der Waals surface area contributed by atoms with Gasteiger partial charge in [0.25, 0.3) is 5.89 Å². The Morgan fingerprint density at radius 2 is 2.12 bits per heavy atom. The normalized spacial score (nSPS) is 20.4. The summed E-state index contributed by atoms with van der Waals surface area (Å²) in [5.74, 6) is 1.21. The monoisotopic (exact) mass is 231 g/mol. The summed E-state index contributed by atoms with van der Waals surface area (Å²) in [4.78, 5) is 4.38. The molecule has 0 aliphatic carbocycles. The van der Waals surface area contributed by atoms with Crippen molar-refractivity contribution in [3.05, 3.63) is 36.2 Å². The molecule has 2 aromatic rings. The lowest BCUT2D eigenvalue weighted by atomic mass is 10.2. The molecule has 1 fully saturated rings. The Morgan fingerprint density at radius 3 is 2.88 bits per heavy atom. The van der Waals surface area contributed by atoms with Gasteiger partial charge in [-0.3, -0.25) is 0 Å². The molecule has 17 heavy (non-hydrogen) atoms. The zero-order chi connectivity index (χ0) is 11.5. The third-order valence-electron chi connectivity index (χ3n) is 2.70. The van der Waals surface area contributed by atoms with Crippen LogP contribution in [0.1, 0.15) is 11.9 Å². The van der Waals surface area contributed by atoms with Crippen molar-refractivity contribution in [1.29, 1.82) is 0 Å². The molecule has 1 saturated heterocycles. The second-order valence-electron chi connectivity index (χ2n) is 3.91. The van der Waals surface area contributed by atoms with E-state index in [1.54, 1.807) is 0 Å². The fourth-order valence-electron chi connectivity index (χ4n) is 1.81. The van der Waals surface area contributed by atoms with Gasteiger partial charge in [-0.25, -0.2) is 0 Å². The van der Waals surface area contributed by atoms with Crippen molar-refractivity contribution in [2.75, 3.05) is 19.8 Å². The molecule has 5 heteroatoms. The molecular weight excluding hydrogens is 218 g/mol. The summed E-state index contributed by atoms with van der Waals surface area (Å²) >= 11 is 0. The maximum atomic E-state index is 5.37. The molecule has 0 amide bonds. The van der Waals surface area contributed by atoms with Gasteiger partial charge in [-0.2, -0.15) is 4.98 Å². The summed E-state index contributed by atoms with van der Waals surface area (Å²) < 4.78 is 10.6. The van der Waals surface area contributed by atoms with E-state index in [0.717, 1.165) is 18.7 Å². The van der Waals surface area contributed by atoms with Gasteiger partial charge in [0.15, 0.2) is 5.82 Å². The number of rotatable bonds is 2. The van der Waals surface area contributed by atoms with E-state index in [4.69, 9.17) is 9.26 Å². The van der Waals surface area contributed by atoms with Crippen LogP contribution in [0.4, 0.5) is 0 Å². The molecule has 0 unspecified atom stereocenters. The highest BCUT2D eigenvalue weighted by Gasteiger charge is 2.21.